The van der Waals surface area contributed by atoms with Gasteiger partial charge in [-0.2, -0.15) is 17.0 Å². The van der Waals surface area contributed by atoms with Crippen molar-refractivity contribution in [2.24, 2.45) is 0 Å². The highest BCUT2D eigenvalue weighted by Crippen LogP contribution is 2.31. The zero-order chi connectivity index (χ0) is 18.0. The first kappa shape index (κ1) is 18.0. The molecule has 138 valence electrons. The summed E-state index contributed by atoms with van der Waals surface area (Å²) in [4.78, 5) is 14.2. The summed E-state index contributed by atoms with van der Waals surface area (Å²) >= 11 is 0. The van der Waals surface area contributed by atoms with Gasteiger partial charge in [-0.1, -0.05) is 6.07 Å². The standard InChI is InChI=1S/C16H23N3O5S/c1-17(2)25(21,22)19-7-5-18(6-8-19)16(20)12-13-3-4-14-15(11-13)24-10-9-23-14/h3-4,11H,5-10,12H2,1-2H3. The summed E-state index contributed by atoms with van der Waals surface area (Å²) in [5.74, 6) is 1.35. The highest BCUT2D eigenvalue weighted by Gasteiger charge is 2.30. The van der Waals surface area contributed by atoms with E-state index in [0.29, 0.717) is 50.9 Å². The van der Waals surface area contributed by atoms with Crippen LogP contribution in [0.3, 0.4) is 0 Å². The van der Waals surface area contributed by atoms with Crippen molar-refractivity contribution in [1.29, 1.82) is 0 Å². The third kappa shape index (κ3) is 3.88. The van der Waals surface area contributed by atoms with E-state index in [9.17, 15) is 13.2 Å². The van der Waals surface area contributed by atoms with E-state index in [2.05, 4.69) is 0 Å². The quantitative estimate of drug-likeness (QED) is 0.744. The zero-order valence-electron chi connectivity index (χ0n) is 14.5. The zero-order valence-corrected chi connectivity index (χ0v) is 15.3. The Morgan fingerprint density at radius 3 is 2.36 bits per heavy atom. The molecule has 3 rings (SSSR count). The molecule has 2 aliphatic rings. The van der Waals surface area contributed by atoms with E-state index in [1.165, 1.54) is 22.7 Å². The van der Waals surface area contributed by atoms with E-state index in [4.69, 9.17) is 9.47 Å². The first-order chi connectivity index (χ1) is 11.9. The number of carbonyl (C=O) groups is 1. The summed E-state index contributed by atoms with van der Waals surface area (Å²) in [6, 6.07) is 5.51. The first-order valence-corrected chi connectivity index (χ1v) is 9.61. The van der Waals surface area contributed by atoms with Crippen molar-refractivity contribution in [3.8, 4) is 11.5 Å². The molecule has 0 unspecified atom stereocenters. The Hall–Kier alpha value is -1.84. The summed E-state index contributed by atoms with van der Waals surface area (Å²) < 4.78 is 37.8. The normalized spacial score (nSPS) is 18.4. The molecule has 0 spiro atoms. The van der Waals surface area contributed by atoms with Crippen molar-refractivity contribution in [3.05, 3.63) is 23.8 Å². The summed E-state index contributed by atoms with van der Waals surface area (Å²) in [6.07, 6.45) is 0.261. The Morgan fingerprint density at radius 2 is 1.72 bits per heavy atom. The van der Waals surface area contributed by atoms with E-state index in [1.807, 2.05) is 18.2 Å². The van der Waals surface area contributed by atoms with Crippen LogP contribution in [-0.2, 0) is 21.4 Å². The Bertz CT molecular complexity index is 742. The third-order valence-electron chi connectivity index (χ3n) is 4.34. The molecule has 1 saturated heterocycles. The average molecular weight is 369 g/mol. The molecule has 0 bridgehead atoms. The van der Waals surface area contributed by atoms with Crippen molar-refractivity contribution in [2.45, 2.75) is 6.42 Å². The van der Waals surface area contributed by atoms with Gasteiger partial charge >= 0.3 is 0 Å². The molecule has 0 saturated carbocycles. The molecule has 8 nitrogen and oxygen atoms in total. The monoisotopic (exact) mass is 369 g/mol. The van der Waals surface area contributed by atoms with Crippen molar-refractivity contribution in [3.63, 3.8) is 0 Å². The predicted octanol–water partition coefficient (Wildman–Crippen LogP) is -0.0491. The number of rotatable bonds is 4. The van der Waals surface area contributed by atoms with Crippen LogP contribution in [0.25, 0.3) is 0 Å². The largest absolute Gasteiger partial charge is 0.486 e. The molecule has 1 amide bonds. The molecule has 1 fully saturated rings. The van der Waals surface area contributed by atoms with Gasteiger partial charge in [-0.25, -0.2) is 0 Å². The van der Waals surface area contributed by atoms with Gasteiger partial charge in [0.25, 0.3) is 10.2 Å². The molecule has 0 aliphatic carbocycles. The highest BCUT2D eigenvalue weighted by atomic mass is 32.2. The average Bonchev–Trinajstić information content (AvgIpc) is 2.61. The van der Waals surface area contributed by atoms with Crippen molar-refractivity contribution >= 4 is 16.1 Å². The van der Waals surface area contributed by atoms with Gasteiger partial charge in [0.2, 0.25) is 5.91 Å². The van der Waals surface area contributed by atoms with Crippen molar-refractivity contribution in [1.82, 2.24) is 13.5 Å². The van der Waals surface area contributed by atoms with Crippen LogP contribution < -0.4 is 9.47 Å². The molecule has 0 atom stereocenters. The van der Waals surface area contributed by atoms with Crippen molar-refractivity contribution in [2.75, 3.05) is 53.5 Å². The SMILES string of the molecule is CN(C)S(=O)(=O)N1CCN(C(=O)Cc2ccc3c(c2)OCCO3)CC1. The van der Waals surface area contributed by atoms with Crippen LogP contribution in [0.5, 0.6) is 11.5 Å². The van der Waals surface area contributed by atoms with Gasteiger partial charge in [0.05, 0.1) is 6.42 Å². The van der Waals surface area contributed by atoms with Crippen LogP contribution >= 0.6 is 0 Å². The number of amides is 1. The lowest BCUT2D eigenvalue weighted by atomic mass is 10.1. The van der Waals surface area contributed by atoms with Gasteiger partial charge in [0.1, 0.15) is 13.2 Å². The number of fused-ring (bicyclic) bond motifs is 1. The highest BCUT2D eigenvalue weighted by molar-refractivity contribution is 7.86. The molecular formula is C16H23N3O5S. The van der Waals surface area contributed by atoms with Crippen LogP contribution in [0, 0.1) is 0 Å². The van der Waals surface area contributed by atoms with E-state index in [1.54, 1.807) is 4.90 Å². The minimum Gasteiger partial charge on any atom is -0.486 e. The Morgan fingerprint density at radius 1 is 1.08 bits per heavy atom. The second kappa shape index (κ2) is 7.19. The summed E-state index contributed by atoms with van der Waals surface area (Å²) in [7, 11) is -0.403. The van der Waals surface area contributed by atoms with Crippen molar-refractivity contribution < 1.29 is 22.7 Å². The maximum absolute atomic E-state index is 12.5. The first-order valence-electron chi connectivity index (χ1n) is 8.22. The number of nitrogens with zero attached hydrogens (tertiary/aromatic N) is 3. The lowest BCUT2D eigenvalue weighted by Gasteiger charge is -2.35. The summed E-state index contributed by atoms with van der Waals surface area (Å²) in [5.41, 5.74) is 0.859. The van der Waals surface area contributed by atoms with Crippen LogP contribution in [0.4, 0.5) is 0 Å². The molecule has 25 heavy (non-hydrogen) atoms. The molecule has 1 aromatic rings. The number of ether oxygens (including phenoxy) is 2. The molecule has 1 aromatic carbocycles. The number of benzene rings is 1. The summed E-state index contributed by atoms with van der Waals surface area (Å²) in [6.45, 7) is 2.46. The van der Waals surface area contributed by atoms with Crippen LogP contribution in [-0.4, -0.2) is 81.3 Å². The molecule has 9 heteroatoms. The van der Waals surface area contributed by atoms with Gasteiger partial charge in [0, 0.05) is 40.3 Å². The van der Waals surface area contributed by atoms with Crippen LogP contribution in [0.2, 0.25) is 0 Å². The fraction of sp³-hybridized carbons (Fsp3) is 0.562. The molecule has 2 aliphatic heterocycles. The van der Waals surface area contributed by atoms with Gasteiger partial charge in [0.15, 0.2) is 11.5 Å². The Labute approximate surface area is 148 Å². The molecule has 0 N–H and O–H groups in total. The van der Waals surface area contributed by atoms with E-state index >= 15 is 0 Å². The molecule has 2 heterocycles. The molecule has 0 aromatic heterocycles. The fourth-order valence-electron chi connectivity index (χ4n) is 2.88. The van der Waals surface area contributed by atoms with Gasteiger partial charge in [-0.15, -0.1) is 0 Å². The number of piperazine rings is 1. The minimum atomic E-state index is -3.42. The third-order valence-corrected chi connectivity index (χ3v) is 6.28. The Balaban J connectivity index is 1.58. The van der Waals surface area contributed by atoms with E-state index in [0.717, 1.165) is 5.56 Å². The second-order valence-electron chi connectivity index (χ2n) is 6.22. The topological polar surface area (TPSA) is 79.4 Å². The predicted molar refractivity (Wildman–Crippen MR) is 91.9 cm³/mol. The second-order valence-corrected chi connectivity index (χ2v) is 8.37. The molecular weight excluding hydrogens is 346 g/mol. The van der Waals surface area contributed by atoms with Crippen LogP contribution in [0.15, 0.2) is 18.2 Å². The molecule has 0 radical (unpaired) electrons. The van der Waals surface area contributed by atoms with E-state index in [-0.39, 0.29) is 12.3 Å². The lowest BCUT2D eigenvalue weighted by molar-refractivity contribution is -0.131. The maximum atomic E-state index is 12.5. The maximum Gasteiger partial charge on any atom is 0.281 e. The fourth-order valence-corrected chi connectivity index (χ4v) is 3.97. The number of hydrogen-bond donors (Lipinski definition) is 0. The minimum absolute atomic E-state index is 0.0152. The summed E-state index contributed by atoms with van der Waals surface area (Å²) in [5, 5.41) is 0. The van der Waals surface area contributed by atoms with Gasteiger partial charge < -0.3 is 14.4 Å². The van der Waals surface area contributed by atoms with Crippen LogP contribution in [0.1, 0.15) is 5.56 Å². The smallest absolute Gasteiger partial charge is 0.281 e. The Kier molecular flexibility index (Phi) is 5.16. The van der Waals surface area contributed by atoms with Gasteiger partial charge in [-0.3, -0.25) is 4.79 Å². The number of carbonyl (C=O) groups excluding carboxylic acids is 1. The number of hydrogen-bond acceptors (Lipinski definition) is 5. The van der Waals surface area contributed by atoms with E-state index < -0.39 is 10.2 Å². The lowest BCUT2D eigenvalue weighted by Crippen LogP contribution is -2.53. The van der Waals surface area contributed by atoms with Gasteiger partial charge in [-0.05, 0) is 17.7 Å².